The van der Waals surface area contributed by atoms with Crippen molar-refractivity contribution in [3.8, 4) is 57.6 Å². The van der Waals surface area contributed by atoms with Crippen LogP contribution in [0.15, 0.2) is 140 Å². The normalized spacial score (nSPS) is 12.4. The van der Waals surface area contributed by atoms with E-state index in [9.17, 15) is 32.3 Å². The number of nitrogen functional groups attached to an aromatic ring is 2. The van der Waals surface area contributed by atoms with Gasteiger partial charge in [0, 0.05) is 119 Å². The van der Waals surface area contributed by atoms with Crippen LogP contribution in [0.25, 0.3) is 34.6 Å². The lowest BCUT2D eigenvalue weighted by Gasteiger charge is -2.24. The van der Waals surface area contributed by atoms with Gasteiger partial charge >= 0.3 is 0 Å². The fraction of sp³-hybridized carbons (Fsp3) is 0.273. The molecule has 109 heavy (non-hydrogen) atoms. The second-order valence-corrected chi connectivity index (χ2v) is 25.2. The van der Waals surface area contributed by atoms with Gasteiger partial charge in [-0.3, -0.25) is 48.4 Å². The maximum atomic E-state index is 14.8. The Kier molecular flexibility index (Phi) is 23.0. The monoisotopic (exact) mass is 1480 g/mol. The predicted molar refractivity (Wildman–Crippen MR) is 396 cm³/mol. The number of anilines is 8. The molecule has 32 heteroatoms. The van der Waals surface area contributed by atoms with Gasteiger partial charge in [0.2, 0.25) is 17.4 Å². The van der Waals surface area contributed by atoms with Crippen molar-refractivity contribution in [3.05, 3.63) is 214 Å². The molecule has 0 saturated carbocycles. The Labute approximate surface area is 622 Å². The lowest BCUT2D eigenvalue weighted by atomic mass is 10.1. The van der Waals surface area contributed by atoms with E-state index < -0.39 is 11.6 Å². The molecule has 3 aliphatic carbocycles. The van der Waals surface area contributed by atoms with Crippen molar-refractivity contribution in [1.29, 1.82) is 0 Å². The van der Waals surface area contributed by atoms with E-state index in [1.165, 1.54) is 68.5 Å². The van der Waals surface area contributed by atoms with Crippen molar-refractivity contribution >= 4 is 58.0 Å². The molecule has 3 aliphatic rings. The third-order valence-electron chi connectivity index (χ3n) is 18.2. The molecule has 0 unspecified atom stereocenters. The Morgan fingerprint density at radius 3 is 1.48 bits per heavy atom. The summed E-state index contributed by atoms with van der Waals surface area (Å²) in [4.78, 5) is 68.2. The van der Waals surface area contributed by atoms with Crippen molar-refractivity contribution in [3.63, 3.8) is 0 Å². The summed E-state index contributed by atoms with van der Waals surface area (Å²) in [5.74, 6) is 0.0533. The molecule has 6 N–H and O–H groups in total. The average molecular weight is 1490 g/mol. The van der Waals surface area contributed by atoms with Crippen molar-refractivity contribution in [2.24, 2.45) is 0 Å². The van der Waals surface area contributed by atoms with Gasteiger partial charge in [0.25, 0.3) is 5.91 Å². The predicted octanol–water partition coefficient (Wildman–Crippen LogP) is 11.1. The minimum atomic E-state index is -0.683. The average Bonchev–Trinajstić information content (AvgIpc) is 1.67. The molecule has 0 bridgehead atoms. The zero-order valence-corrected chi connectivity index (χ0v) is 60.2. The van der Waals surface area contributed by atoms with Crippen LogP contribution >= 0.6 is 0 Å². The number of fused-ring (bicyclic) bond motifs is 3. The van der Waals surface area contributed by atoms with Crippen LogP contribution in [0.1, 0.15) is 83.6 Å². The number of amides is 2. The summed E-state index contributed by atoms with van der Waals surface area (Å²) >= 11 is 0. The molecule has 0 saturated heterocycles. The molecule has 9 aromatic heterocycles. The van der Waals surface area contributed by atoms with Gasteiger partial charge in [-0.1, -0.05) is 36.4 Å². The van der Waals surface area contributed by atoms with Gasteiger partial charge in [0.05, 0.1) is 64.6 Å². The summed E-state index contributed by atoms with van der Waals surface area (Å²) in [5.41, 5.74) is 23.0. The van der Waals surface area contributed by atoms with Crippen LogP contribution in [0.4, 0.5) is 63.7 Å². The molecule has 560 valence electrons. The smallest absolute Gasteiger partial charge is 0.258 e. The lowest BCUT2D eigenvalue weighted by molar-refractivity contribution is -0.121. The number of aliphatic hydroxyl groups is 1. The number of ether oxygens (including phenoxy) is 5. The fourth-order valence-corrected chi connectivity index (χ4v) is 13.4. The van der Waals surface area contributed by atoms with Crippen LogP contribution in [0.3, 0.4) is 0 Å². The van der Waals surface area contributed by atoms with Gasteiger partial charge in [-0.15, -0.1) is 0 Å². The second kappa shape index (κ2) is 33.7. The van der Waals surface area contributed by atoms with Crippen LogP contribution in [0.5, 0.6) is 23.0 Å². The number of halogens is 4. The molecule has 3 aromatic carbocycles. The third-order valence-corrected chi connectivity index (χ3v) is 18.2. The number of aliphatic hydroxyl groups excluding tert-OH is 1. The number of rotatable bonds is 24. The molecular weight excluding hydrogens is 1410 g/mol. The molecule has 0 radical (unpaired) electrons. The van der Waals surface area contributed by atoms with E-state index in [2.05, 4.69) is 45.3 Å². The van der Waals surface area contributed by atoms with Gasteiger partial charge < -0.3 is 45.6 Å². The molecular formula is C77H76F4N20O8. The Morgan fingerprint density at radius 2 is 1.02 bits per heavy atom. The SMILES string of the molecule is CCOc1cc(F)c(Cn2nc(-c3ncc(OCCO)c(Nc4ccncc4)n3)c3c2CCC3)c(F)c1.COCC(=O)N(c1ccncc1)c1nc(-c2nn(Cc3ccccc3F)c3c2CCC3)nc(N)c1OC.COc1c(N)nc(-c2nn(Cc3ccccc3F)c3c2CCC3)nc1N(C(C)=O)c1ccncc1. The number of hydrogen-bond acceptors (Lipinski definition) is 23. The highest BCUT2D eigenvalue weighted by Crippen LogP contribution is 2.43. The van der Waals surface area contributed by atoms with Crippen LogP contribution in [-0.2, 0) is 72.5 Å². The number of methoxy groups -OCH3 is 3. The number of nitrogens with two attached hydrogens (primary N) is 2. The van der Waals surface area contributed by atoms with Crippen molar-refractivity contribution in [2.75, 3.05) is 74.3 Å². The number of hydrogen-bond donors (Lipinski definition) is 4. The standard InChI is InChI=1S/C26H26F2N6O3.C26H26FN7O3.C25H24FN7O2/c1-2-36-17-12-20(27)19(21(28)13-17)15-34-22-5-3-4-18(22)24(33-34)26-30-14-23(37-11-10-35)25(32-26)31-16-6-8-29-9-7-16;1-36-15-21(35)34(17-10-12-29-13-11-17)26-23(37-2)24(28)30-25(31-26)22-18-7-5-9-20(18)33(32-22)14-16-6-3-4-8-19(16)27;1-15(34)33(17-10-12-28-13-11-17)25-22(35-2)23(27)29-24(30-25)21-18-7-5-9-20(18)32(31-21)14-16-6-3-4-8-19(16)26/h6-9,12-14,35H,2-5,10-11,15H2,1H3,(H,29,30,31,32);3-4,6,8,10-13H,5,7,9,14-15H2,1-2H3,(H2,28,30,31);3-4,6,8,10-13H,5,7,9,14H2,1-2H3,(H2,27,29,30). The van der Waals surface area contributed by atoms with E-state index in [1.807, 2.05) is 4.68 Å². The molecule has 0 atom stereocenters. The first-order chi connectivity index (χ1) is 53.1. The molecule has 28 nitrogen and oxygen atoms in total. The first-order valence-electron chi connectivity index (χ1n) is 35.0. The van der Waals surface area contributed by atoms with Gasteiger partial charge in [0.1, 0.15) is 59.3 Å². The van der Waals surface area contributed by atoms with Crippen molar-refractivity contribution in [2.45, 2.75) is 91.3 Å². The van der Waals surface area contributed by atoms with Crippen molar-refractivity contribution < 1.29 is 55.9 Å². The van der Waals surface area contributed by atoms with Gasteiger partial charge in [-0.05, 0) is 113 Å². The Bertz CT molecular complexity index is 5250. The molecule has 0 aliphatic heterocycles. The summed E-state index contributed by atoms with van der Waals surface area (Å²) in [7, 11) is 4.32. The summed E-state index contributed by atoms with van der Waals surface area (Å²) in [6.45, 7) is 3.74. The molecule has 9 heterocycles. The maximum Gasteiger partial charge on any atom is 0.258 e. The molecule has 0 spiro atoms. The van der Waals surface area contributed by atoms with Crippen LogP contribution in [-0.4, -0.2) is 139 Å². The third kappa shape index (κ3) is 16.1. The lowest BCUT2D eigenvalue weighted by Crippen LogP contribution is -2.31. The second-order valence-electron chi connectivity index (χ2n) is 25.2. The highest BCUT2D eigenvalue weighted by molar-refractivity contribution is 6.02. The van der Waals surface area contributed by atoms with Gasteiger partial charge in [-0.2, -0.15) is 15.3 Å². The Morgan fingerprint density at radius 1 is 0.560 bits per heavy atom. The topological polar surface area (TPSA) is 341 Å². The van der Waals surface area contributed by atoms with Crippen LogP contribution in [0, 0.1) is 23.3 Å². The summed E-state index contributed by atoms with van der Waals surface area (Å²) in [6, 6.07) is 26.0. The van der Waals surface area contributed by atoms with Crippen LogP contribution < -0.4 is 45.5 Å². The quantitative estimate of drug-likeness (QED) is 0.0408. The number of nitrogens with one attached hydrogen (secondary N) is 1. The molecule has 2 amide bonds. The number of aromatic nitrogens is 15. The highest BCUT2D eigenvalue weighted by Gasteiger charge is 2.34. The Hall–Kier alpha value is -12.8. The van der Waals surface area contributed by atoms with E-state index in [4.69, 9.17) is 55.3 Å². The minimum Gasteiger partial charge on any atom is -0.494 e. The van der Waals surface area contributed by atoms with E-state index in [-0.39, 0.29) is 114 Å². The molecule has 15 rings (SSSR count). The number of benzene rings is 3. The zero-order chi connectivity index (χ0) is 76.2. The molecule has 0 fully saturated rings. The van der Waals surface area contributed by atoms with E-state index in [0.29, 0.717) is 70.1 Å². The fourth-order valence-electron chi connectivity index (χ4n) is 13.4. The summed E-state index contributed by atoms with van der Waals surface area (Å²) < 4.78 is 90.5. The van der Waals surface area contributed by atoms with Gasteiger partial charge in [-0.25, -0.2) is 47.5 Å². The maximum absolute atomic E-state index is 14.8. The first-order valence-corrected chi connectivity index (χ1v) is 35.0. The Balaban J connectivity index is 0.000000144. The zero-order valence-electron chi connectivity index (χ0n) is 60.2. The van der Waals surface area contributed by atoms with Crippen LogP contribution in [0.2, 0.25) is 0 Å². The van der Waals surface area contributed by atoms with E-state index in [1.54, 1.807) is 126 Å². The summed E-state index contributed by atoms with van der Waals surface area (Å²) in [5, 5.41) is 26.6. The van der Waals surface area contributed by atoms with Crippen molar-refractivity contribution in [1.82, 2.24) is 74.2 Å². The van der Waals surface area contributed by atoms with Gasteiger partial charge in [0.15, 0.2) is 52.3 Å². The van der Waals surface area contributed by atoms with E-state index >= 15 is 0 Å². The highest BCUT2D eigenvalue weighted by atomic mass is 19.1. The van der Waals surface area contributed by atoms with E-state index in [0.717, 1.165) is 97.2 Å². The number of carbonyl (C=O) groups excluding carboxylic acids is 2. The summed E-state index contributed by atoms with van der Waals surface area (Å²) in [6.07, 6.45) is 18.6. The minimum absolute atomic E-state index is 0.0576. The number of carbonyl (C=O) groups is 2. The largest absolute Gasteiger partial charge is 0.494 e. The molecule has 12 aromatic rings. The number of pyridine rings is 3. The number of nitrogens with zero attached hydrogens (tertiary/aromatic N) is 17. The first kappa shape index (κ1) is 74.4.